The van der Waals surface area contributed by atoms with Crippen molar-refractivity contribution in [2.24, 2.45) is 20.5 Å². The Hall–Kier alpha value is -0.600. The van der Waals surface area contributed by atoms with Crippen LogP contribution in [0.3, 0.4) is 0 Å². The maximum Gasteiger partial charge on any atom is 1.00 e. The van der Waals surface area contributed by atoms with Crippen LogP contribution in [0.4, 0.5) is 28.4 Å². The second kappa shape index (κ2) is 23.0. The number of phenolic OH excluding ortho intramolecular Hbond substituents is 1. The second-order valence-corrected chi connectivity index (χ2v) is 19.8. The molecule has 0 aromatic heterocycles. The molecule has 4 rings (SSSR count). The van der Waals surface area contributed by atoms with Crippen molar-refractivity contribution in [3.63, 3.8) is 0 Å². The van der Waals surface area contributed by atoms with Gasteiger partial charge in [-0.15, -0.1) is 10.2 Å². The van der Waals surface area contributed by atoms with Crippen LogP contribution in [0.1, 0.15) is 0 Å². The van der Waals surface area contributed by atoms with Crippen molar-refractivity contribution in [1.29, 1.82) is 0 Å². The molecule has 34 heteroatoms. The van der Waals surface area contributed by atoms with Crippen LogP contribution in [0.2, 0.25) is 0 Å². The quantitative estimate of drug-likeness (QED) is 0.0350. The van der Waals surface area contributed by atoms with E-state index < -0.39 is 129 Å². The summed E-state index contributed by atoms with van der Waals surface area (Å²) in [7, 11) is -29.2. The zero-order valence-corrected chi connectivity index (χ0v) is 44.2. The Morgan fingerprint density at radius 3 is 1.22 bits per heavy atom. The van der Waals surface area contributed by atoms with Gasteiger partial charge in [0, 0.05) is 0 Å². The summed E-state index contributed by atoms with van der Waals surface area (Å²) >= 11 is 0. The van der Waals surface area contributed by atoms with Crippen LogP contribution in [-0.2, 0) is 69.1 Å². The molecule has 0 radical (unpaired) electrons. The predicted octanol–water partition coefficient (Wildman–Crippen LogP) is -10.0. The summed E-state index contributed by atoms with van der Waals surface area (Å²) in [6, 6.07) is 9.11. The van der Waals surface area contributed by atoms with Crippen molar-refractivity contribution in [3.8, 4) is 5.75 Å². The molecular formula is C26H23N5Na4O19S6+2. The van der Waals surface area contributed by atoms with E-state index in [1.807, 2.05) is 0 Å². The maximum absolute atomic E-state index is 12.4. The molecule has 0 atom stereocenters. The van der Waals surface area contributed by atoms with Crippen LogP contribution in [-0.4, -0.2) is 98.5 Å². The minimum Gasteiger partial charge on any atom is -0.744 e. The smallest absolute Gasteiger partial charge is 0.744 e. The number of hydrogen-bond acceptors (Lipinski definition) is 22. The molecule has 0 aliphatic carbocycles. The predicted molar refractivity (Wildman–Crippen MR) is 186 cm³/mol. The standard InChI is InChI=1S/C26H25N5O19S6.4Na/c27-23-22-15(13-20(53(37,38)39)24(23)30-28-16-1-5-18(6-2-16)51(33,34)11-9-49-55(43,44)45)14-21(54(40,41)42)25(26(22)32)31-29-17-3-7-19(8-4-17)52(35,36)12-10-50-56(46,47)48;;;;/h1-8,13-14,32H,9-12,27H2,(H,37,38,39)(H,40,41,42)(H,43,44,45)(H,46,47,48);;;;/q;4*+1/p-2. The van der Waals surface area contributed by atoms with E-state index in [2.05, 4.69) is 28.8 Å². The molecule has 24 nitrogen and oxygen atoms in total. The van der Waals surface area contributed by atoms with Crippen LogP contribution in [0.15, 0.2) is 101 Å². The first kappa shape index (κ1) is 59.4. The van der Waals surface area contributed by atoms with E-state index in [0.717, 1.165) is 48.5 Å². The monoisotopic (exact) mass is 993 g/mol. The average molecular weight is 994 g/mol. The average Bonchev–Trinajstić information content (AvgIpc) is 3.05. The molecule has 0 heterocycles. The van der Waals surface area contributed by atoms with E-state index in [9.17, 15) is 64.7 Å². The van der Waals surface area contributed by atoms with Gasteiger partial charge in [-0.25, -0.2) is 42.0 Å². The van der Waals surface area contributed by atoms with E-state index in [0.29, 0.717) is 12.1 Å². The van der Waals surface area contributed by atoms with Gasteiger partial charge in [0.25, 0.3) is 0 Å². The molecule has 0 aliphatic heterocycles. The molecule has 0 saturated carbocycles. The fraction of sp³-hybridized carbons (Fsp3) is 0.154. The number of fused-ring (bicyclic) bond motifs is 1. The molecular weight excluding hydrogens is 971 g/mol. The SMILES string of the molecule is Nc1c(N=Nc2ccc(S(=O)(=O)CCOS(=O)(=O)O)cc2)c(S(=O)(=O)[O-])cc2cc(S(=O)(=O)[O-])c(N=Nc3ccc(S(=O)(=O)CCOS(=O)(=O)O)cc3)c(O)c12.[Na+].[Na+].[Na+].[Na+]. The second-order valence-electron chi connectivity index (χ2n) is 10.7. The number of hydrogen-bond donors (Lipinski definition) is 4. The van der Waals surface area contributed by atoms with Crippen LogP contribution in [0.25, 0.3) is 10.8 Å². The fourth-order valence-corrected chi connectivity index (χ4v) is 8.76. The van der Waals surface area contributed by atoms with Crippen molar-refractivity contribution in [2.45, 2.75) is 19.6 Å². The van der Waals surface area contributed by atoms with Gasteiger partial charge < -0.3 is 19.9 Å². The molecule has 0 fully saturated rings. The zero-order valence-electron chi connectivity index (χ0n) is 31.3. The van der Waals surface area contributed by atoms with Crippen LogP contribution >= 0.6 is 0 Å². The molecule has 4 aromatic carbocycles. The topological polar surface area (TPSA) is 406 Å². The van der Waals surface area contributed by atoms with Crippen molar-refractivity contribution in [3.05, 3.63) is 60.7 Å². The van der Waals surface area contributed by atoms with Gasteiger partial charge in [0.1, 0.15) is 31.6 Å². The summed E-state index contributed by atoms with van der Waals surface area (Å²) in [6.07, 6.45) is 0. The first-order chi connectivity index (χ1) is 25.6. The first-order valence-corrected chi connectivity index (χ1v) is 23.2. The van der Waals surface area contributed by atoms with Gasteiger partial charge in [-0.1, -0.05) is 0 Å². The van der Waals surface area contributed by atoms with Crippen LogP contribution < -0.4 is 124 Å². The Balaban J connectivity index is 0.00000870. The maximum atomic E-state index is 12.4. The molecule has 4 aromatic rings. The number of rotatable bonds is 16. The number of aromatic hydroxyl groups is 1. The Bertz CT molecular complexity index is 2760. The van der Waals surface area contributed by atoms with Crippen molar-refractivity contribution in [2.75, 3.05) is 30.5 Å². The molecule has 5 N–H and O–H groups in total. The molecule has 0 saturated heterocycles. The van der Waals surface area contributed by atoms with Crippen molar-refractivity contribution < 1.29 is 200 Å². The van der Waals surface area contributed by atoms with Crippen LogP contribution in [0, 0.1) is 0 Å². The van der Waals surface area contributed by atoms with Gasteiger partial charge in [-0.2, -0.15) is 27.1 Å². The van der Waals surface area contributed by atoms with Gasteiger partial charge in [-0.05, 0) is 66.0 Å². The van der Waals surface area contributed by atoms with Gasteiger partial charge in [0.05, 0.1) is 66.7 Å². The summed E-state index contributed by atoms with van der Waals surface area (Å²) < 4.78 is 191. The van der Waals surface area contributed by atoms with Gasteiger partial charge >= 0.3 is 139 Å². The minimum absolute atomic E-state index is 0. The minimum atomic E-state index is -5.55. The Kier molecular flexibility index (Phi) is 22.8. The third-order valence-electron chi connectivity index (χ3n) is 6.94. The van der Waals surface area contributed by atoms with E-state index in [1.54, 1.807) is 0 Å². The number of anilines is 1. The molecule has 0 aliphatic rings. The number of nitrogen functional groups attached to an aromatic ring is 1. The number of nitrogens with zero attached hydrogens (tertiary/aromatic N) is 4. The number of azo groups is 2. The zero-order chi connectivity index (χ0) is 42.1. The summed E-state index contributed by atoms with van der Waals surface area (Å²) in [5.74, 6) is -2.93. The summed E-state index contributed by atoms with van der Waals surface area (Å²) in [5.41, 5.74) is 2.97. The van der Waals surface area contributed by atoms with E-state index >= 15 is 0 Å². The number of sulfone groups is 2. The normalized spacial score (nSPS) is 12.7. The van der Waals surface area contributed by atoms with E-state index in [1.165, 1.54) is 0 Å². The van der Waals surface area contributed by atoms with E-state index in [-0.39, 0.29) is 139 Å². The summed E-state index contributed by atoms with van der Waals surface area (Å²) in [6.45, 7) is -1.84. The van der Waals surface area contributed by atoms with E-state index in [4.69, 9.17) is 14.8 Å². The van der Waals surface area contributed by atoms with Gasteiger partial charge in [-0.3, -0.25) is 9.11 Å². The molecule has 0 spiro atoms. The van der Waals surface area contributed by atoms with Crippen LogP contribution in [0.5, 0.6) is 5.75 Å². The van der Waals surface area contributed by atoms with Crippen molar-refractivity contribution >= 4 is 99.9 Å². The molecule has 0 bridgehead atoms. The van der Waals surface area contributed by atoms with Gasteiger partial charge in [0.2, 0.25) is 0 Å². The third kappa shape index (κ3) is 16.4. The third-order valence-corrected chi connectivity index (χ3v) is 13.0. The fourth-order valence-electron chi connectivity index (χ4n) is 4.48. The molecule has 0 amide bonds. The summed E-state index contributed by atoms with van der Waals surface area (Å²) in [5, 5.41) is 24.7. The molecule has 0 unspecified atom stereocenters. The Morgan fingerprint density at radius 2 is 0.883 bits per heavy atom. The molecule has 304 valence electrons. The first-order valence-electron chi connectivity index (χ1n) is 14.4. The summed E-state index contributed by atoms with van der Waals surface area (Å²) in [4.78, 5) is -3.22. The number of phenols is 1. The van der Waals surface area contributed by atoms with Gasteiger partial charge in [0.15, 0.2) is 25.4 Å². The number of benzene rings is 4. The van der Waals surface area contributed by atoms with Crippen molar-refractivity contribution in [1.82, 2.24) is 0 Å². The Morgan fingerprint density at radius 1 is 0.550 bits per heavy atom. The largest absolute Gasteiger partial charge is 1.00 e. The number of nitrogens with two attached hydrogens (primary N) is 1. The molecule has 60 heavy (non-hydrogen) atoms. The Labute approximate surface area is 431 Å².